The summed E-state index contributed by atoms with van der Waals surface area (Å²) in [5.74, 6) is 5.09. The molecular weight excluding hydrogens is 277 g/mol. The summed E-state index contributed by atoms with van der Waals surface area (Å²) in [6.45, 7) is 0. The van der Waals surface area contributed by atoms with Gasteiger partial charge >= 0.3 is 6.18 Å². The van der Waals surface area contributed by atoms with Gasteiger partial charge in [0.15, 0.2) is 0 Å². The Morgan fingerprint density at radius 1 is 1.16 bits per heavy atom. The molecule has 19 heavy (non-hydrogen) atoms. The van der Waals surface area contributed by atoms with Gasteiger partial charge in [0.2, 0.25) is 0 Å². The number of halogens is 3. The highest BCUT2D eigenvalue weighted by Crippen LogP contribution is 2.34. The number of nitrogens with zero attached hydrogens (tertiary/aromatic N) is 2. The molecule has 0 aliphatic heterocycles. The first-order chi connectivity index (χ1) is 8.99. The lowest BCUT2D eigenvalue weighted by molar-refractivity contribution is -0.137. The minimum atomic E-state index is -4.44. The quantitative estimate of drug-likeness (QED) is 0.671. The van der Waals surface area contributed by atoms with Crippen LogP contribution in [0.4, 0.5) is 19.0 Å². The largest absolute Gasteiger partial charge is 0.416 e. The molecule has 0 fully saturated rings. The summed E-state index contributed by atoms with van der Waals surface area (Å²) in [6, 6.07) is 5.20. The van der Waals surface area contributed by atoms with Crippen molar-refractivity contribution in [2.24, 2.45) is 5.84 Å². The van der Waals surface area contributed by atoms with Crippen LogP contribution < -0.4 is 11.3 Å². The molecule has 0 spiro atoms. The Balaban J connectivity index is 2.35. The highest BCUT2D eigenvalue weighted by Gasteiger charge is 2.31. The van der Waals surface area contributed by atoms with Crippen molar-refractivity contribution >= 4 is 17.6 Å². The smallest absolute Gasteiger partial charge is 0.308 e. The summed E-state index contributed by atoms with van der Waals surface area (Å²) in [7, 11) is 0. The maximum atomic E-state index is 12.7. The lowest BCUT2D eigenvalue weighted by Gasteiger charge is -2.10. The van der Waals surface area contributed by atoms with Gasteiger partial charge in [0.25, 0.3) is 0 Å². The molecule has 0 saturated carbocycles. The zero-order valence-electron chi connectivity index (χ0n) is 9.48. The second-order valence-corrected chi connectivity index (χ2v) is 4.60. The number of nitrogens with one attached hydrogen (secondary N) is 1. The second-order valence-electron chi connectivity index (χ2n) is 3.51. The third-order valence-electron chi connectivity index (χ3n) is 2.15. The van der Waals surface area contributed by atoms with E-state index in [1.165, 1.54) is 0 Å². The van der Waals surface area contributed by atoms with E-state index >= 15 is 0 Å². The summed E-state index contributed by atoms with van der Waals surface area (Å²) in [5.41, 5.74) is 1.33. The van der Waals surface area contributed by atoms with E-state index < -0.39 is 11.7 Å². The summed E-state index contributed by atoms with van der Waals surface area (Å²) in [6.07, 6.45) is -1.34. The van der Waals surface area contributed by atoms with E-state index in [0.717, 1.165) is 28.8 Å². The van der Waals surface area contributed by atoms with Gasteiger partial charge in [-0.3, -0.25) is 4.98 Å². The molecule has 0 aromatic carbocycles. The number of nitrogens with two attached hydrogens (primary N) is 1. The van der Waals surface area contributed by atoms with E-state index in [1.54, 1.807) is 24.5 Å². The molecule has 0 bridgehead atoms. The molecule has 0 unspecified atom stereocenters. The topological polar surface area (TPSA) is 63.8 Å². The molecule has 0 atom stereocenters. The van der Waals surface area contributed by atoms with Crippen molar-refractivity contribution in [2.75, 3.05) is 5.43 Å². The predicted octanol–water partition coefficient (Wildman–Crippen LogP) is 2.93. The van der Waals surface area contributed by atoms with Gasteiger partial charge in [-0.1, -0.05) is 11.8 Å². The Kier molecular flexibility index (Phi) is 3.91. The van der Waals surface area contributed by atoms with Gasteiger partial charge in [-0.05, 0) is 24.3 Å². The SMILES string of the molecule is NNc1cc(C(F)(F)F)cc(Sc2ccncc2)n1. The molecule has 0 aliphatic rings. The highest BCUT2D eigenvalue weighted by molar-refractivity contribution is 7.99. The third kappa shape index (κ3) is 3.58. The summed E-state index contributed by atoms with van der Waals surface area (Å²) < 4.78 is 38.1. The Morgan fingerprint density at radius 3 is 2.42 bits per heavy atom. The number of rotatable bonds is 3. The van der Waals surface area contributed by atoms with Crippen LogP contribution in [0.5, 0.6) is 0 Å². The monoisotopic (exact) mass is 286 g/mol. The zero-order valence-corrected chi connectivity index (χ0v) is 10.3. The third-order valence-corrected chi connectivity index (χ3v) is 3.08. The van der Waals surface area contributed by atoms with Crippen molar-refractivity contribution in [3.8, 4) is 0 Å². The minimum Gasteiger partial charge on any atom is -0.308 e. The lowest BCUT2D eigenvalue weighted by atomic mass is 10.2. The van der Waals surface area contributed by atoms with Crippen molar-refractivity contribution in [3.05, 3.63) is 42.2 Å². The highest BCUT2D eigenvalue weighted by atomic mass is 32.2. The van der Waals surface area contributed by atoms with Gasteiger partial charge in [0, 0.05) is 17.3 Å². The Labute approximate surface area is 111 Å². The number of nitrogen functional groups attached to an aromatic ring is 1. The molecule has 2 aromatic heterocycles. The van der Waals surface area contributed by atoms with Crippen molar-refractivity contribution in [2.45, 2.75) is 16.1 Å². The maximum absolute atomic E-state index is 12.7. The van der Waals surface area contributed by atoms with Gasteiger partial charge in [0.05, 0.1) is 5.56 Å². The van der Waals surface area contributed by atoms with Crippen LogP contribution in [0.1, 0.15) is 5.56 Å². The number of alkyl halides is 3. The van der Waals surface area contributed by atoms with E-state index in [0.29, 0.717) is 0 Å². The molecule has 4 nitrogen and oxygen atoms in total. The number of hydrazine groups is 1. The van der Waals surface area contributed by atoms with Crippen LogP contribution >= 0.6 is 11.8 Å². The molecule has 0 aliphatic carbocycles. The maximum Gasteiger partial charge on any atom is 0.416 e. The first-order valence-corrected chi connectivity index (χ1v) is 5.94. The molecule has 8 heteroatoms. The van der Waals surface area contributed by atoms with E-state index in [2.05, 4.69) is 15.4 Å². The predicted molar refractivity (Wildman–Crippen MR) is 65.4 cm³/mol. The normalized spacial score (nSPS) is 11.4. The second kappa shape index (κ2) is 5.45. The minimum absolute atomic E-state index is 0.0358. The van der Waals surface area contributed by atoms with Gasteiger partial charge in [-0.25, -0.2) is 10.8 Å². The van der Waals surface area contributed by atoms with Gasteiger partial charge < -0.3 is 5.43 Å². The molecule has 0 radical (unpaired) electrons. The molecule has 0 amide bonds. The summed E-state index contributed by atoms with van der Waals surface area (Å²) in [4.78, 5) is 8.54. The Hall–Kier alpha value is -1.80. The molecule has 2 rings (SSSR count). The number of anilines is 1. The summed E-state index contributed by atoms with van der Waals surface area (Å²) in [5, 5.41) is 0.203. The number of pyridine rings is 2. The zero-order chi connectivity index (χ0) is 13.9. The van der Waals surface area contributed by atoms with Gasteiger partial charge in [-0.2, -0.15) is 13.2 Å². The van der Waals surface area contributed by atoms with Crippen molar-refractivity contribution in [3.63, 3.8) is 0 Å². The van der Waals surface area contributed by atoms with E-state index in [-0.39, 0.29) is 10.8 Å². The first kappa shape index (κ1) is 13.6. The first-order valence-electron chi connectivity index (χ1n) is 5.13. The van der Waals surface area contributed by atoms with Gasteiger partial charge in [-0.15, -0.1) is 0 Å². The van der Waals surface area contributed by atoms with Crippen molar-refractivity contribution in [1.82, 2.24) is 9.97 Å². The fraction of sp³-hybridized carbons (Fsp3) is 0.0909. The fourth-order valence-electron chi connectivity index (χ4n) is 1.32. The van der Waals surface area contributed by atoms with Crippen molar-refractivity contribution in [1.29, 1.82) is 0 Å². The van der Waals surface area contributed by atoms with Crippen LogP contribution in [0, 0.1) is 0 Å². The molecular formula is C11H9F3N4S. The van der Waals surface area contributed by atoms with E-state index in [4.69, 9.17) is 5.84 Å². The van der Waals surface area contributed by atoms with Crippen molar-refractivity contribution < 1.29 is 13.2 Å². The van der Waals surface area contributed by atoms with Crippen LogP contribution in [0.3, 0.4) is 0 Å². The molecule has 3 N–H and O–H groups in total. The van der Waals surface area contributed by atoms with E-state index in [1.807, 2.05) is 0 Å². The Morgan fingerprint density at radius 2 is 1.84 bits per heavy atom. The average molecular weight is 286 g/mol. The summed E-state index contributed by atoms with van der Waals surface area (Å²) >= 11 is 1.10. The molecule has 100 valence electrons. The standard InChI is InChI=1S/C11H9F3N4S/c12-11(13,14)7-5-9(18-15)17-10(6-7)19-8-1-3-16-4-2-8/h1-6H,15H2,(H,17,18). The molecule has 2 heterocycles. The van der Waals surface area contributed by atoms with Crippen LogP contribution in [-0.2, 0) is 6.18 Å². The van der Waals surface area contributed by atoms with Crippen LogP contribution in [0.2, 0.25) is 0 Å². The molecule has 2 aromatic rings. The lowest BCUT2D eigenvalue weighted by Crippen LogP contribution is -2.12. The van der Waals surface area contributed by atoms with Crippen LogP contribution in [0.25, 0.3) is 0 Å². The van der Waals surface area contributed by atoms with Crippen LogP contribution in [-0.4, -0.2) is 9.97 Å². The Bertz CT molecular complexity index is 560. The number of aromatic nitrogens is 2. The number of hydrogen-bond donors (Lipinski definition) is 2. The van der Waals surface area contributed by atoms with E-state index in [9.17, 15) is 13.2 Å². The number of hydrogen-bond acceptors (Lipinski definition) is 5. The van der Waals surface area contributed by atoms with Gasteiger partial charge in [0.1, 0.15) is 10.8 Å². The van der Waals surface area contributed by atoms with Crippen LogP contribution in [0.15, 0.2) is 46.6 Å². The fourth-order valence-corrected chi connectivity index (χ4v) is 2.15. The average Bonchev–Trinajstić information content (AvgIpc) is 2.38. The molecule has 0 saturated heterocycles.